The second-order valence-corrected chi connectivity index (χ2v) is 10.6. The van der Waals surface area contributed by atoms with E-state index in [1.807, 2.05) is 13.8 Å². The number of nitrogens with zero attached hydrogens (tertiary/aromatic N) is 2. The molecule has 0 aromatic heterocycles. The fourth-order valence-electron chi connectivity index (χ4n) is 6.37. The molecule has 34 heavy (non-hydrogen) atoms. The second-order valence-electron chi connectivity index (χ2n) is 10.6. The predicted molar refractivity (Wildman–Crippen MR) is 123 cm³/mol. The van der Waals surface area contributed by atoms with Crippen molar-refractivity contribution in [3.05, 3.63) is 53.1 Å². The van der Waals surface area contributed by atoms with Gasteiger partial charge in [-0.05, 0) is 85.5 Å². The minimum atomic E-state index is -1.20. The van der Waals surface area contributed by atoms with E-state index in [4.69, 9.17) is 4.74 Å². The third kappa shape index (κ3) is 3.84. The van der Waals surface area contributed by atoms with Crippen LogP contribution < -0.4 is 9.84 Å². The van der Waals surface area contributed by atoms with Crippen LogP contribution in [0.4, 0.5) is 13.6 Å². The van der Waals surface area contributed by atoms with E-state index in [0.717, 1.165) is 37.9 Å². The molecule has 6 rings (SSSR count). The molecule has 3 aliphatic heterocycles. The highest BCUT2D eigenvalue weighted by atomic mass is 19.1. The summed E-state index contributed by atoms with van der Waals surface area (Å²) < 4.78 is 35.3. The van der Waals surface area contributed by atoms with Crippen molar-refractivity contribution in [1.29, 1.82) is 0 Å². The Morgan fingerprint density at radius 2 is 1.82 bits per heavy atom. The molecule has 1 amide bonds. The van der Waals surface area contributed by atoms with Gasteiger partial charge in [-0.2, -0.15) is 0 Å². The normalized spacial score (nSPS) is 27.2. The minimum Gasteiger partial charge on any atom is -0.530 e. The fourth-order valence-corrected chi connectivity index (χ4v) is 6.37. The lowest BCUT2D eigenvalue weighted by Crippen LogP contribution is -2.63. The number of ether oxygens (including phenoxy) is 1. The summed E-state index contributed by atoms with van der Waals surface area (Å²) in [5, 5.41) is 12.6. The van der Waals surface area contributed by atoms with Crippen molar-refractivity contribution in [1.82, 2.24) is 9.80 Å². The van der Waals surface area contributed by atoms with Crippen LogP contribution in [0.15, 0.2) is 30.3 Å². The largest absolute Gasteiger partial charge is 0.530 e. The number of hydrogen-bond acceptors (Lipinski definition) is 4. The minimum absolute atomic E-state index is 0.163. The van der Waals surface area contributed by atoms with Gasteiger partial charge in [-0.25, -0.2) is 8.78 Å². The standard InChI is InChI=1S/C27H32F2N2O3/c1-27(2)9-6-17-12-21(19-5-4-18(34-3)13-22(19)28)23(29)14-20(17)25(27)31(26(32)33)24-15-30-10-7-16(24)8-11-30/h4-5,12-14,16,24-25H,6-11,15H2,1-3H3,(H,32,33)/p-1/t24-,25+/m1/s1. The number of carboxylic acid groups (broad SMARTS) is 1. The number of carbonyl (C=O) groups is 1. The van der Waals surface area contributed by atoms with Crippen LogP contribution in [-0.4, -0.2) is 48.7 Å². The van der Waals surface area contributed by atoms with Gasteiger partial charge in [0.05, 0.1) is 13.2 Å². The number of amides is 1. The Bertz CT molecular complexity index is 1110. The van der Waals surface area contributed by atoms with E-state index in [0.29, 0.717) is 30.2 Å². The predicted octanol–water partition coefficient (Wildman–Crippen LogP) is 4.39. The van der Waals surface area contributed by atoms with Crippen LogP contribution in [0.3, 0.4) is 0 Å². The molecular formula is C27H31F2N2O3-. The summed E-state index contributed by atoms with van der Waals surface area (Å²) in [7, 11) is 1.45. The number of piperidine rings is 3. The van der Waals surface area contributed by atoms with Crippen molar-refractivity contribution in [2.24, 2.45) is 11.3 Å². The third-order valence-electron chi connectivity index (χ3n) is 8.24. The van der Waals surface area contributed by atoms with Crippen molar-refractivity contribution in [2.75, 3.05) is 26.7 Å². The lowest BCUT2D eigenvalue weighted by molar-refractivity contribution is -0.277. The van der Waals surface area contributed by atoms with E-state index in [1.165, 1.54) is 30.2 Å². The lowest BCUT2D eigenvalue weighted by atomic mass is 9.68. The van der Waals surface area contributed by atoms with E-state index in [2.05, 4.69) is 4.90 Å². The summed E-state index contributed by atoms with van der Waals surface area (Å²) in [6, 6.07) is 6.81. The molecule has 2 atom stereocenters. The number of carbonyl (C=O) groups excluding carboxylic acids is 1. The van der Waals surface area contributed by atoms with Crippen LogP contribution in [0.2, 0.25) is 0 Å². The van der Waals surface area contributed by atoms with Gasteiger partial charge < -0.3 is 24.4 Å². The van der Waals surface area contributed by atoms with Gasteiger partial charge in [-0.15, -0.1) is 0 Å². The summed E-state index contributed by atoms with van der Waals surface area (Å²) >= 11 is 0. The number of methoxy groups -OCH3 is 1. The molecule has 7 heteroatoms. The highest BCUT2D eigenvalue weighted by molar-refractivity contribution is 5.69. The summed E-state index contributed by atoms with van der Waals surface area (Å²) in [6.45, 7) is 6.79. The molecule has 2 bridgehead atoms. The topological polar surface area (TPSA) is 55.8 Å². The van der Waals surface area contributed by atoms with Gasteiger partial charge >= 0.3 is 0 Å². The van der Waals surface area contributed by atoms with Gasteiger partial charge in [0.25, 0.3) is 0 Å². The van der Waals surface area contributed by atoms with Gasteiger partial charge in [0.2, 0.25) is 0 Å². The number of halogens is 2. The zero-order valence-electron chi connectivity index (χ0n) is 19.9. The maximum Gasteiger partial charge on any atom is 0.137 e. The van der Waals surface area contributed by atoms with Crippen LogP contribution in [0.5, 0.6) is 5.75 Å². The first kappa shape index (κ1) is 23.1. The molecule has 0 saturated carbocycles. The second kappa shape index (κ2) is 8.52. The number of fused-ring (bicyclic) bond motifs is 4. The Labute approximate surface area is 199 Å². The summed E-state index contributed by atoms with van der Waals surface area (Å²) in [6.07, 6.45) is 2.16. The molecule has 4 aliphatic rings. The zero-order chi connectivity index (χ0) is 24.2. The fraction of sp³-hybridized carbons (Fsp3) is 0.519. The van der Waals surface area contributed by atoms with Crippen molar-refractivity contribution in [3.63, 3.8) is 0 Å². The summed E-state index contributed by atoms with van der Waals surface area (Å²) in [5.74, 6) is -0.461. The monoisotopic (exact) mass is 469 g/mol. The highest BCUT2D eigenvalue weighted by Gasteiger charge is 2.46. The third-order valence-corrected chi connectivity index (χ3v) is 8.24. The molecule has 3 heterocycles. The quantitative estimate of drug-likeness (QED) is 0.666. The van der Waals surface area contributed by atoms with E-state index in [1.54, 1.807) is 12.1 Å². The van der Waals surface area contributed by atoms with Crippen molar-refractivity contribution >= 4 is 6.09 Å². The first-order chi connectivity index (χ1) is 16.2. The molecule has 2 aromatic rings. The van der Waals surface area contributed by atoms with Crippen molar-refractivity contribution < 1.29 is 23.4 Å². The average molecular weight is 470 g/mol. The van der Waals surface area contributed by atoms with Crippen LogP contribution in [0, 0.1) is 23.0 Å². The van der Waals surface area contributed by atoms with E-state index in [-0.39, 0.29) is 17.2 Å². The molecule has 1 aliphatic carbocycles. The zero-order valence-corrected chi connectivity index (χ0v) is 19.9. The lowest BCUT2D eigenvalue weighted by Gasteiger charge is -2.56. The van der Waals surface area contributed by atoms with Gasteiger partial charge in [-0.1, -0.05) is 13.8 Å². The van der Waals surface area contributed by atoms with E-state index < -0.39 is 29.2 Å². The SMILES string of the molecule is COc1ccc(-c2cc3c(cc2F)[C@H](N(C(=O)[O-])[C@@H]2CN4CCC2CC4)C(C)(C)CC3)c(F)c1. The van der Waals surface area contributed by atoms with Crippen LogP contribution in [0.1, 0.15) is 50.3 Å². The van der Waals surface area contributed by atoms with E-state index >= 15 is 4.39 Å². The van der Waals surface area contributed by atoms with Gasteiger partial charge in [0.1, 0.15) is 23.5 Å². The molecule has 3 saturated heterocycles. The first-order valence-corrected chi connectivity index (χ1v) is 12.1. The molecular weight excluding hydrogens is 438 g/mol. The smallest absolute Gasteiger partial charge is 0.137 e. The van der Waals surface area contributed by atoms with Crippen LogP contribution >= 0.6 is 0 Å². The molecule has 182 valence electrons. The Hall–Kier alpha value is -2.67. The molecule has 0 N–H and O–H groups in total. The summed E-state index contributed by atoms with van der Waals surface area (Å²) in [5.41, 5.74) is 1.49. The van der Waals surface area contributed by atoms with Crippen LogP contribution in [-0.2, 0) is 6.42 Å². The average Bonchev–Trinajstić information content (AvgIpc) is 2.81. The Kier molecular flexibility index (Phi) is 5.79. The van der Waals surface area contributed by atoms with Gasteiger partial charge in [0, 0.05) is 29.8 Å². The van der Waals surface area contributed by atoms with E-state index in [9.17, 15) is 14.3 Å². The molecule has 3 fully saturated rings. The number of rotatable bonds is 4. The highest BCUT2D eigenvalue weighted by Crippen LogP contribution is 2.50. The Morgan fingerprint density at radius 1 is 1.12 bits per heavy atom. The Balaban J connectivity index is 1.59. The molecule has 2 aromatic carbocycles. The number of hydrogen-bond donors (Lipinski definition) is 0. The van der Waals surface area contributed by atoms with Gasteiger partial charge in [0.15, 0.2) is 0 Å². The summed E-state index contributed by atoms with van der Waals surface area (Å²) in [4.78, 5) is 16.4. The molecule has 0 radical (unpaired) electrons. The van der Waals surface area contributed by atoms with Crippen LogP contribution in [0.25, 0.3) is 11.1 Å². The molecule has 0 unspecified atom stereocenters. The first-order valence-electron chi connectivity index (χ1n) is 12.1. The van der Waals surface area contributed by atoms with Gasteiger partial charge in [-0.3, -0.25) is 0 Å². The maximum absolute atomic E-state index is 15.5. The number of benzene rings is 2. The molecule has 0 spiro atoms. The van der Waals surface area contributed by atoms with Crippen molar-refractivity contribution in [2.45, 2.75) is 51.6 Å². The molecule has 5 nitrogen and oxygen atoms in total. The number of aryl methyl sites for hydroxylation is 1. The van der Waals surface area contributed by atoms with Crippen molar-refractivity contribution in [3.8, 4) is 16.9 Å². The Morgan fingerprint density at radius 3 is 2.41 bits per heavy atom. The maximum atomic E-state index is 15.5.